The van der Waals surface area contributed by atoms with Gasteiger partial charge in [0.2, 0.25) is 0 Å². The highest BCUT2D eigenvalue weighted by atomic mass is 32.2. The van der Waals surface area contributed by atoms with E-state index in [0.29, 0.717) is 24.3 Å². The molecule has 0 atom stereocenters. The van der Waals surface area contributed by atoms with Crippen LogP contribution in [0.5, 0.6) is 0 Å². The van der Waals surface area contributed by atoms with Crippen LogP contribution in [0.25, 0.3) is 5.57 Å². The van der Waals surface area contributed by atoms with Crippen molar-refractivity contribution in [3.8, 4) is 0 Å². The number of ether oxygens (including phenoxy) is 1. The van der Waals surface area contributed by atoms with Crippen molar-refractivity contribution in [2.75, 3.05) is 25.1 Å². The third-order valence-corrected chi connectivity index (χ3v) is 4.30. The summed E-state index contributed by atoms with van der Waals surface area (Å²) < 4.78 is 28.7. The maximum Gasteiger partial charge on any atom is 0.410 e. The van der Waals surface area contributed by atoms with Crippen LogP contribution in [0.4, 0.5) is 10.5 Å². The number of carbonyl (C=O) groups is 1. The highest BCUT2D eigenvalue weighted by molar-refractivity contribution is 7.89. The lowest BCUT2D eigenvalue weighted by atomic mass is 10.0. The van der Waals surface area contributed by atoms with Gasteiger partial charge in [-0.2, -0.15) is 0 Å². The molecule has 0 radical (unpaired) electrons. The van der Waals surface area contributed by atoms with Crippen LogP contribution in [-0.4, -0.2) is 44.4 Å². The Bertz CT molecular complexity index is 776. The maximum atomic E-state index is 12.2. The Balaban J connectivity index is 2.20. The van der Waals surface area contributed by atoms with Gasteiger partial charge in [0.05, 0.1) is 5.75 Å². The quantitative estimate of drug-likeness (QED) is 0.844. The molecule has 7 heteroatoms. The summed E-state index contributed by atoms with van der Waals surface area (Å²) in [5, 5.41) is 0. The summed E-state index contributed by atoms with van der Waals surface area (Å²) in [6.45, 7) is 6.28. The van der Waals surface area contributed by atoms with Crippen LogP contribution in [-0.2, 0) is 20.3 Å². The molecule has 0 saturated heterocycles. The molecular weight excluding hydrogens is 328 g/mol. The molecule has 1 heterocycles. The summed E-state index contributed by atoms with van der Waals surface area (Å²) in [5.74, 6) is -0.0862. The molecule has 1 aliphatic rings. The lowest BCUT2D eigenvalue weighted by Crippen LogP contribution is -2.35. The average molecular weight is 352 g/mol. The fraction of sp³-hybridized carbons (Fsp3) is 0.471. The van der Waals surface area contributed by atoms with Gasteiger partial charge in [0.25, 0.3) is 0 Å². The van der Waals surface area contributed by atoms with Crippen molar-refractivity contribution in [2.45, 2.75) is 32.1 Å². The van der Waals surface area contributed by atoms with Crippen LogP contribution in [0.2, 0.25) is 0 Å². The van der Waals surface area contributed by atoms with Crippen molar-refractivity contribution in [1.29, 1.82) is 0 Å². The van der Waals surface area contributed by atoms with E-state index in [9.17, 15) is 13.2 Å². The number of amides is 1. The van der Waals surface area contributed by atoms with Crippen molar-refractivity contribution in [3.63, 3.8) is 0 Å². The van der Waals surface area contributed by atoms with E-state index in [1.165, 1.54) is 6.26 Å². The maximum absolute atomic E-state index is 12.2. The minimum Gasteiger partial charge on any atom is -0.444 e. The van der Waals surface area contributed by atoms with E-state index in [2.05, 4.69) is 0 Å². The molecule has 0 saturated carbocycles. The first-order valence-corrected chi connectivity index (χ1v) is 9.74. The molecular formula is C17H24N2O4S. The lowest BCUT2D eigenvalue weighted by molar-refractivity contribution is 0.0306. The molecule has 0 aromatic heterocycles. The number of nitrogens with zero attached hydrogens (tertiary/aromatic N) is 1. The Morgan fingerprint density at radius 1 is 1.33 bits per heavy atom. The predicted octanol–water partition coefficient (Wildman–Crippen LogP) is 2.45. The van der Waals surface area contributed by atoms with Crippen LogP contribution in [0.1, 0.15) is 31.9 Å². The fourth-order valence-corrected chi connectivity index (χ4v) is 3.35. The normalized spacial score (nSPS) is 15.3. The molecule has 132 valence electrons. The second-order valence-corrected chi connectivity index (χ2v) is 9.22. The Labute approximate surface area is 143 Å². The molecule has 0 aliphatic carbocycles. The second-order valence-electron chi connectivity index (χ2n) is 7.08. The largest absolute Gasteiger partial charge is 0.444 e. The van der Waals surface area contributed by atoms with Crippen LogP contribution in [0.15, 0.2) is 24.3 Å². The standard InChI is InChI=1S/C17H24N2O4S/c1-17(2,3)23-16(20)19-8-7-12(10-19)15-6-5-14(18)9-13(15)11-24(4,21)22/h5-7,9H,8,10-11,18H2,1-4H3. The number of carbonyl (C=O) groups excluding carboxylic acids is 1. The summed E-state index contributed by atoms with van der Waals surface area (Å²) >= 11 is 0. The minimum absolute atomic E-state index is 0.0862. The number of rotatable bonds is 3. The van der Waals surface area contributed by atoms with E-state index in [1.54, 1.807) is 23.1 Å². The van der Waals surface area contributed by atoms with E-state index >= 15 is 0 Å². The Morgan fingerprint density at radius 2 is 2.00 bits per heavy atom. The van der Waals surface area contributed by atoms with Gasteiger partial charge < -0.3 is 15.4 Å². The minimum atomic E-state index is -3.19. The van der Waals surface area contributed by atoms with Crippen LogP contribution in [0.3, 0.4) is 0 Å². The molecule has 6 nitrogen and oxygen atoms in total. The van der Waals surface area contributed by atoms with Gasteiger partial charge in [0, 0.05) is 25.0 Å². The molecule has 0 fully saturated rings. The van der Waals surface area contributed by atoms with Gasteiger partial charge in [0.1, 0.15) is 5.60 Å². The number of nitrogen functional groups attached to an aromatic ring is 1. The predicted molar refractivity (Wildman–Crippen MR) is 95.2 cm³/mol. The summed E-state index contributed by atoms with van der Waals surface area (Å²) in [4.78, 5) is 13.7. The third kappa shape index (κ3) is 4.99. The molecule has 0 spiro atoms. The number of benzene rings is 1. The lowest BCUT2D eigenvalue weighted by Gasteiger charge is -2.24. The average Bonchev–Trinajstić information content (AvgIpc) is 2.84. The molecule has 1 aliphatic heterocycles. The van der Waals surface area contributed by atoms with Crippen molar-refractivity contribution in [2.24, 2.45) is 0 Å². The molecule has 0 unspecified atom stereocenters. The zero-order valence-electron chi connectivity index (χ0n) is 14.5. The van der Waals surface area contributed by atoms with Crippen LogP contribution >= 0.6 is 0 Å². The van der Waals surface area contributed by atoms with Gasteiger partial charge in [-0.05, 0) is 49.6 Å². The summed E-state index contributed by atoms with van der Waals surface area (Å²) in [6, 6.07) is 5.21. The fourth-order valence-electron chi connectivity index (χ4n) is 2.54. The number of nitrogens with two attached hydrogens (primary N) is 1. The third-order valence-electron chi connectivity index (χ3n) is 3.46. The number of hydrogen-bond acceptors (Lipinski definition) is 5. The van der Waals surface area contributed by atoms with E-state index in [-0.39, 0.29) is 11.8 Å². The topological polar surface area (TPSA) is 89.7 Å². The van der Waals surface area contributed by atoms with Gasteiger partial charge in [-0.1, -0.05) is 12.1 Å². The van der Waals surface area contributed by atoms with Crippen LogP contribution < -0.4 is 5.73 Å². The summed E-state index contributed by atoms with van der Waals surface area (Å²) in [7, 11) is -3.19. The van der Waals surface area contributed by atoms with E-state index < -0.39 is 15.4 Å². The van der Waals surface area contributed by atoms with Crippen LogP contribution in [0, 0.1) is 0 Å². The second kappa shape index (κ2) is 6.47. The molecule has 1 aromatic carbocycles. The molecule has 1 amide bonds. The molecule has 1 aromatic rings. The van der Waals surface area contributed by atoms with Crippen molar-refractivity contribution < 1.29 is 17.9 Å². The highest BCUT2D eigenvalue weighted by Gasteiger charge is 2.26. The van der Waals surface area contributed by atoms with E-state index in [1.807, 2.05) is 26.8 Å². The monoisotopic (exact) mass is 352 g/mol. The molecule has 2 rings (SSSR count). The zero-order chi connectivity index (χ0) is 18.1. The van der Waals surface area contributed by atoms with Gasteiger partial charge in [-0.25, -0.2) is 13.2 Å². The first kappa shape index (κ1) is 18.3. The van der Waals surface area contributed by atoms with Crippen molar-refractivity contribution >= 4 is 27.2 Å². The first-order valence-electron chi connectivity index (χ1n) is 7.68. The first-order chi connectivity index (χ1) is 10.9. The highest BCUT2D eigenvalue weighted by Crippen LogP contribution is 2.28. The molecule has 2 N–H and O–H groups in total. The molecule has 24 heavy (non-hydrogen) atoms. The zero-order valence-corrected chi connectivity index (χ0v) is 15.3. The number of sulfone groups is 1. The van der Waals surface area contributed by atoms with Gasteiger partial charge in [-0.3, -0.25) is 0 Å². The number of anilines is 1. The Kier molecular flexibility index (Phi) is 4.94. The van der Waals surface area contributed by atoms with Gasteiger partial charge in [0.15, 0.2) is 9.84 Å². The van der Waals surface area contributed by atoms with E-state index in [0.717, 1.165) is 11.1 Å². The molecule has 0 bridgehead atoms. The van der Waals surface area contributed by atoms with Crippen molar-refractivity contribution in [1.82, 2.24) is 4.90 Å². The van der Waals surface area contributed by atoms with Gasteiger partial charge in [-0.15, -0.1) is 0 Å². The summed E-state index contributed by atoms with van der Waals surface area (Å²) in [6.07, 6.45) is 2.73. The summed E-state index contributed by atoms with van der Waals surface area (Å²) in [5.41, 5.74) is 8.11. The SMILES string of the molecule is CC(C)(C)OC(=O)N1CC=C(c2ccc(N)cc2CS(C)(=O)=O)C1. The van der Waals surface area contributed by atoms with Crippen molar-refractivity contribution in [3.05, 3.63) is 35.4 Å². The van der Waals surface area contributed by atoms with Gasteiger partial charge >= 0.3 is 6.09 Å². The Hall–Kier alpha value is -2.02. The Morgan fingerprint density at radius 3 is 2.58 bits per heavy atom. The van der Waals surface area contributed by atoms with E-state index in [4.69, 9.17) is 10.5 Å². The number of hydrogen-bond donors (Lipinski definition) is 1. The smallest absolute Gasteiger partial charge is 0.410 e.